The van der Waals surface area contributed by atoms with Gasteiger partial charge in [-0.25, -0.2) is 0 Å². The number of methoxy groups -OCH3 is 2. The standard InChI is InChI=1S/C34H40N4O6/c1-42-30-12-11-27(31(19-30)43-2)21-38(29-17-25-5-3-4-6-26(25)18-29)22-28(32(35)39)20-36-33(40)23-7-9-24(10-8-23)34(41)37-13-15-44-16-14-37/h3-12,19,28-29H,13-18,20-22H2,1-2H3,(H2,35,39)(H,36,40). The van der Waals surface area contributed by atoms with Crippen LogP contribution in [0.1, 0.15) is 37.4 Å². The maximum atomic E-state index is 13.1. The second-order valence-corrected chi connectivity index (χ2v) is 11.2. The van der Waals surface area contributed by atoms with Gasteiger partial charge in [0.2, 0.25) is 5.91 Å². The fraction of sp³-hybridized carbons (Fsp3) is 0.382. The molecule has 10 heteroatoms. The molecule has 0 saturated carbocycles. The van der Waals surface area contributed by atoms with Crippen LogP contribution < -0.4 is 20.5 Å². The van der Waals surface area contributed by atoms with E-state index in [1.54, 1.807) is 43.4 Å². The summed E-state index contributed by atoms with van der Waals surface area (Å²) in [5.74, 6) is -0.144. The van der Waals surface area contributed by atoms with Crippen molar-refractivity contribution in [3.8, 4) is 11.5 Å². The van der Waals surface area contributed by atoms with Gasteiger partial charge in [0.05, 0.1) is 33.4 Å². The molecule has 5 rings (SSSR count). The Morgan fingerprint density at radius 3 is 2.23 bits per heavy atom. The number of morpholine rings is 1. The number of hydrogen-bond donors (Lipinski definition) is 2. The number of benzene rings is 3. The summed E-state index contributed by atoms with van der Waals surface area (Å²) in [4.78, 5) is 42.5. The van der Waals surface area contributed by atoms with Crippen molar-refractivity contribution in [2.45, 2.75) is 25.4 Å². The highest BCUT2D eigenvalue weighted by Gasteiger charge is 2.31. The van der Waals surface area contributed by atoms with Crippen LogP contribution in [-0.4, -0.2) is 87.2 Å². The van der Waals surface area contributed by atoms with Gasteiger partial charge in [-0.3, -0.25) is 19.3 Å². The van der Waals surface area contributed by atoms with Gasteiger partial charge in [-0.15, -0.1) is 0 Å². The number of carbonyl (C=O) groups is 3. The molecule has 44 heavy (non-hydrogen) atoms. The quantitative estimate of drug-likeness (QED) is 0.328. The molecule has 3 N–H and O–H groups in total. The van der Waals surface area contributed by atoms with Gasteiger partial charge in [-0.2, -0.15) is 0 Å². The van der Waals surface area contributed by atoms with Crippen LogP contribution in [0.3, 0.4) is 0 Å². The Bertz CT molecular complexity index is 1450. The minimum absolute atomic E-state index is 0.0819. The molecule has 1 aliphatic heterocycles. The predicted molar refractivity (Wildman–Crippen MR) is 166 cm³/mol. The van der Waals surface area contributed by atoms with Gasteiger partial charge in [0, 0.05) is 61.5 Å². The van der Waals surface area contributed by atoms with E-state index < -0.39 is 11.8 Å². The van der Waals surface area contributed by atoms with E-state index in [0.29, 0.717) is 62.0 Å². The Balaban J connectivity index is 1.27. The van der Waals surface area contributed by atoms with Gasteiger partial charge in [0.15, 0.2) is 0 Å². The predicted octanol–water partition coefficient (Wildman–Crippen LogP) is 2.68. The number of fused-ring (bicyclic) bond motifs is 1. The Kier molecular flexibility index (Phi) is 10.1. The number of primary amides is 1. The zero-order valence-corrected chi connectivity index (χ0v) is 25.3. The van der Waals surface area contributed by atoms with Crippen LogP contribution in [0.2, 0.25) is 0 Å². The lowest BCUT2D eigenvalue weighted by Gasteiger charge is -2.32. The van der Waals surface area contributed by atoms with E-state index in [-0.39, 0.29) is 24.4 Å². The van der Waals surface area contributed by atoms with E-state index in [9.17, 15) is 14.4 Å². The third-order valence-corrected chi connectivity index (χ3v) is 8.47. The van der Waals surface area contributed by atoms with E-state index in [1.165, 1.54) is 11.1 Å². The topological polar surface area (TPSA) is 123 Å². The Morgan fingerprint density at radius 2 is 1.61 bits per heavy atom. The molecule has 3 amide bonds. The molecule has 0 spiro atoms. The first kappa shape index (κ1) is 31.0. The van der Waals surface area contributed by atoms with Crippen LogP contribution in [0.25, 0.3) is 0 Å². The molecule has 1 heterocycles. The molecule has 3 aromatic carbocycles. The minimum atomic E-state index is -0.630. The lowest BCUT2D eigenvalue weighted by molar-refractivity contribution is -0.122. The molecule has 232 valence electrons. The lowest BCUT2D eigenvalue weighted by atomic mass is 10.0. The Morgan fingerprint density at radius 1 is 0.955 bits per heavy atom. The normalized spacial score (nSPS) is 15.5. The summed E-state index contributed by atoms with van der Waals surface area (Å²) in [5, 5.41) is 2.89. The number of nitrogens with one attached hydrogen (secondary N) is 1. The Hall–Kier alpha value is -4.41. The zero-order chi connectivity index (χ0) is 31.1. The third kappa shape index (κ3) is 7.38. The van der Waals surface area contributed by atoms with Crippen molar-refractivity contribution < 1.29 is 28.6 Å². The van der Waals surface area contributed by atoms with Crippen LogP contribution in [0.15, 0.2) is 66.7 Å². The summed E-state index contributed by atoms with van der Waals surface area (Å²) in [6, 6.07) is 20.8. The van der Waals surface area contributed by atoms with Crippen LogP contribution in [-0.2, 0) is 28.9 Å². The van der Waals surface area contributed by atoms with Gasteiger partial charge in [0.1, 0.15) is 11.5 Å². The van der Waals surface area contributed by atoms with E-state index >= 15 is 0 Å². The van der Waals surface area contributed by atoms with Crippen LogP contribution in [0.4, 0.5) is 0 Å². The molecule has 1 aliphatic carbocycles. The molecular formula is C34H40N4O6. The highest BCUT2D eigenvalue weighted by atomic mass is 16.5. The van der Waals surface area contributed by atoms with Gasteiger partial charge in [-0.1, -0.05) is 30.3 Å². The summed E-state index contributed by atoms with van der Waals surface area (Å²) in [6.45, 7) is 3.10. The average molecular weight is 601 g/mol. The smallest absolute Gasteiger partial charge is 0.254 e. The number of amides is 3. The second-order valence-electron chi connectivity index (χ2n) is 11.2. The fourth-order valence-electron chi connectivity index (χ4n) is 5.91. The number of rotatable bonds is 12. The number of carbonyl (C=O) groups excluding carboxylic acids is 3. The first-order valence-corrected chi connectivity index (χ1v) is 14.9. The molecule has 1 saturated heterocycles. The SMILES string of the molecule is COc1ccc(CN(CC(CNC(=O)c2ccc(C(=O)N3CCOCC3)cc2)C(N)=O)C2Cc3ccccc3C2)c(OC)c1. The van der Waals surface area contributed by atoms with Crippen molar-refractivity contribution in [3.05, 3.63) is 94.5 Å². The third-order valence-electron chi connectivity index (χ3n) is 8.47. The summed E-state index contributed by atoms with van der Waals surface area (Å²) in [6.07, 6.45) is 1.70. The molecule has 10 nitrogen and oxygen atoms in total. The summed E-state index contributed by atoms with van der Waals surface area (Å²) >= 11 is 0. The van der Waals surface area contributed by atoms with E-state index in [4.69, 9.17) is 19.9 Å². The van der Waals surface area contributed by atoms with Gasteiger partial charge < -0.3 is 30.2 Å². The van der Waals surface area contributed by atoms with Crippen molar-refractivity contribution >= 4 is 17.7 Å². The maximum absolute atomic E-state index is 13.1. The molecule has 0 bridgehead atoms. The van der Waals surface area contributed by atoms with Crippen molar-refractivity contribution in [1.82, 2.24) is 15.1 Å². The highest BCUT2D eigenvalue weighted by molar-refractivity contribution is 5.98. The lowest BCUT2D eigenvalue weighted by Crippen LogP contribution is -2.46. The summed E-state index contributed by atoms with van der Waals surface area (Å²) in [5.41, 5.74) is 10.4. The number of hydrogen-bond acceptors (Lipinski definition) is 7. The van der Waals surface area contributed by atoms with Crippen LogP contribution >= 0.6 is 0 Å². The zero-order valence-electron chi connectivity index (χ0n) is 25.3. The molecule has 1 atom stereocenters. The molecule has 1 fully saturated rings. The van der Waals surface area contributed by atoms with Crippen LogP contribution in [0, 0.1) is 5.92 Å². The van der Waals surface area contributed by atoms with Crippen molar-refractivity contribution in [1.29, 1.82) is 0 Å². The van der Waals surface area contributed by atoms with Crippen molar-refractivity contribution in [3.63, 3.8) is 0 Å². The summed E-state index contributed by atoms with van der Waals surface area (Å²) < 4.78 is 16.4. The monoisotopic (exact) mass is 600 g/mol. The van der Waals surface area contributed by atoms with Crippen LogP contribution in [0.5, 0.6) is 11.5 Å². The average Bonchev–Trinajstić information content (AvgIpc) is 3.50. The number of nitrogens with two attached hydrogens (primary N) is 1. The molecular weight excluding hydrogens is 560 g/mol. The van der Waals surface area contributed by atoms with E-state index in [2.05, 4.69) is 22.3 Å². The minimum Gasteiger partial charge on any atom is -0.497 e. The van der Waals surface area contributed by atoms with Gasteiger partial charge in [-0.05, 0) is 54.3 Å². The molecule has 0 radical (unpaired) electrons. The molecule has 1 unspecified atom stereocenters. The maximum Gasteiger partial charge on any atom is 0.254 e. The second kappa shape index (κ2) is 14.4. The number of ether oxygens (including phenoxy) is 3. The summed E-state index contributed by atoms with van der Waals surface area (Å²) in [7, 11) is 3.24. The largest absolute Gasteiger partial charge is 0.497 e. The first-order valence-electron chi connectivity index (χ1n) is 14.9. The van der Waals surface area contributed by atoms with Gasteiger partial charge >= 0.3 is 0 Å². The molecule has 0 aromatic heterocycles. The Labute approximate surface area is 258 Å². The molecule has 2 aliphatic rings. The van der Waals surface area contributed by atoms with E-state index in [0.717, 1.165) is 18.4 Å². The highest BCUT2D eigenvalue weighted by Crippen LogP contribution is 2.30. The number of nitrogens with zero attached hydrogens (tertiary/aromatic N) is 2. The van der Waals surface area contributed by atoms with Crippen molar-refractivity contribution in [2.75, 3.05) is 53.6 Å². The molecule has 3 aromatic rings. The fourth-order valence-corrected chi connectivity index (χ4v) is 5.91. The first-order chi connectivity index (χ1) is 21.4. The van der Waals surface area contributed by atoms with E-state index in [1.807, 2.05) is 30.3 Å². The van der Waals surface area contributed by atoms with Gasteiger partial charge in [0.25, 0.3) is 11.8 Å². The van der Waals surface area contributed by atoms with Crippen molar-refractivity contribution in [2.24, 2.45) is 11.7 Å².